The summed E-state index contributed by atoms with van der Waals surface area (Å²) in [5, 5.41) is 9.16. The molecular formula is C23H19ClN2O4S2. The third-order valence-electron chi connectivity index (χ3n) is 5.09. The third kappa shape index (κ3) is 4.21. The highest BCUT2D eigenvalue weighted by molar-refractivity contribution is 7.90. The highest BCUT2D eigenvalue weighted by atomic mass is 35.5. The normalized spacial score (nSPS) is 12.7. The number of fused-ring (bicyclic) bond motifs is 1. The molecule has 6 nitrogen and oxygen atoms in total. The van der Waals surface area contributed by atoms with E-state index in [2.05, 4.69) is 11.6 Å². The van der Waals surface area contributed by atoms with E-state index in [1.54, 1.807) is 36.7 Å². The summed E-state index contributed by atoms with van der Waals surface area (Å²) >= 11 is 7.50. The van der Waals surface area contributed by atoms with Gasteiger partial charge in [0, 0.05) is 50.7 Å². The van der Waals surface area contributed by atoms with Crippen molar-refractivity contribution in [1.29, 1.82) is 0 Å². The van der Waals surface area contributed by atoms with Crippen molar-refractivity contribution < 1.29 is 18.3 Å². The fourth-order valence-electron chi connectivity index (χ4n) is 3.57. The number of rotatable bonds is 8. The van der Waals surface area contributed by atoms with Crippen molar-refractivity contribution in [1.82, 2.24) is 8.96 Å². The molecule has 1 N–H and O–H groups in total. The number of carbonyl (C=O) groups is 1. The first-order chi connectivity index (χ1) is 15.3. The molecule has 0 saturated heterocycles. The van der Waals surface area contributed by atoms with E-state index in [1.165, 1.54) is 27.6 Å². The van der Waals surface area contributed by atoms with Crippen LogP contribution in [0.4, 0.5) is 0 Å². The lowest BCUT2D eigenvalue weighted by atomic mass is 10.1. The Labute approximate surface area is 194 Å². The van der Waals surface area contributed by atoms with Crippen LogP contribution in [0.3, 0.4) is 0 Å². The van der Waals surface area contributed by atoms with Gasteiger partial charge in [-0.3, -0.25) is 9.78 Å². The van der Waals surface area contributed by atoms with E-state index >= 15 is 0 Å². The number of carboxylic acids is 1. The number of halogens is 1. The van der Waals surface area contributed by atoms with Crippen LogP contribution in [-0.2, 0) is 21.2 Å². The number of aryl methyl sites for hydroxylation is 1. The lowest BCUT2D eigenvalue weighted by Gasteiger charge is -2.14. The van der Waals surface area contributed by atoms with Gasteiger partial charge in [-0.05, 0) is 48.4 Å². The molecule has 1 aromatic carbocycles. The van der Waals surface area contributed by atoms with Crippen molar-refractivity contribution in [3.8, 4) is 10.4 Å². The second-order valence-corrected chi connectivity index (χ2v) is 10.6. The molecule has 3 heterocycles. The molecule has 164 valence electrons. The molecule has 4 aromatic rings. The van der Waals surface area contributed by atoms with Gasteiger partial charge in [-0.15, -0.1) is 17.9 Å². The number of hydrogen-bond acceptors (Lipinski definition) is 5. The second kappa shape index (κ2) is 8.90. The number of carboxylic acid groups (broad SMARTS) is 1. The predicted molar refractivity (Wildman–Crippen MR) is 128 cm³/mol. The minimum Gasteiger partial charge on any atom is -0.481 e. The zero-order chi connectivity index (χ0) is 22.9. The minimum atomic E-state index is -3.93. The highest BCUT2D eigenvalue weighted by Gasteiger charge is 2.30. The summed E-state index contributed by atoms with van der Waals surface area (Å²) in [6.07, 6.45) is 6.39. The molecule has 4 rings (SSSR count). The Kier molecular flexibility index (Phi) is 6.19. The van der Waals surface area contributed by atoms with Gasteiger partial charge < -0.3 is 5.11 Å². The smallest absolute Gasteiger partial charge is 0.303 e. The second-order valence-electron chi connectivity index (χ2n) is 7.15. The molecule has 0 spiro atoms. The van der Waals surface area contributed by atoms with Crippen LogP contribution in [0.2, 0.25) is 5.02 Å². The Morgan fingerprint density at radius 1 is 1.28 bits per heavy atom. The van der Waals surface area contributed by atoms with Crippen molar-refractivity contribution in [3.05, 3.63) is 89.2 Å². The molecule has 0 amide bonds. The molecule has 0 aliphatic carbocycles. The number of pyridine rings is 1. The topological polar surface area (TPSA) is 89.3 Å². The SMILES string of the molecule is C=CC(c1ccc(-c2cccnc2)s1)S(=O)(=O)n1cc(CCC(=O)O)c2cc(Cl)ccc21. The van der Waals surface area contributed by atoms with Gasteiger partial charge in [0.2, 0.25) is 0 Å². The first kappa shape index (κ1) is 22.3. The van der Waals surface area contributed by atoms with Crippen LogP contribution in [0.25, 0.3) is 21.3 Å². The summed E-state index contributed by atoms with van der Waals surface area (Å²) in [5.74, 6) is -0.957. The number of thiophene rings is 1. The molecule has 1 atom stereocenters. The van der Waals surface area contributed by atoms with E-state index in [1.807, 2.05) is 18.2 Å². The molecule has 0 fully saturated rings. The molecule has 0 saturated carbocycles. The Bertz CT molecular complexity index is 1410. The Balaban J connectivity index is 1.79. The van der Waals surface area contributed by atoms with Gasteiger partial charge in [-0.1, -0.05) is 23.7 Å². The summed E-state index contributed by atoms with van der Waals surface area (Å²) in [4.78, 5) is 16.7. The van der Waals surface area contributed by atoms with E-state index in [9.17, 15) is 13.2 Å². The first-order valence-corrected chi connectivity index (χ1v) is 12.4. The van der Waals surface area contributed by atoms with Crippen LogP contribution in [0.1, 0.15) is 22.1 Å². The Morgan fingerprint density at radius 2 is 2.09 bits per heavy atom. The van der Waals surface area contributed by atoms with E-state index < -0.39 is 21.2 Å². The summed E-state index contributed by atoms with van der Waals surface area (Å²) in [6.45, 7) is 3.77. The predicted octanol–water partition coefficient (Wildman–Crippen LogP) is 5.54. The van der Waals surface area contributed by atoms with Crippen molar-refractivity contribution in [3.63, 3.8) is 0 Å². The lowest BCUT2D eigenvalue weighted by molar-refractivity contribution is -0.136. The molecule has 3 aromatic heterocycles. The van der Waals surface area contributed by atoms with Gasteiger partial charge in [0.05, 0.1) is 5.52 Å². The van der Waals surface area contributed by atoms with Crippen molar-refractivity contribution in [2.24, 2.45) is 0 Å². The maximum absolute atomic E-state index is 13.7. The quantitative estimate of drug-likeness (QED) is 0.330. The van der Waals surface area contributed by atoms with Crippen molar-refractivity contribution in [2.45, 2.75) is 18.1 Å². The number of hydrogen-bond donors (Lipinski definition) is 1. The van der Waals surface area contributed by atoms with E-state index in [4.69, 9.17) is 16.7 Å². The largest absolute Gasteiger partial charge is 0.481 e. The molecule has 0 aliphatic rings. The molecule has 32 heavy (non-hydrogen) atoms. The van der Waals surface area contributed by atoms with Gasteiger partial charge in [-0.25, -0.2) is 12.4 Å². The number of aliphatic carboxylic acids is 1. The zero-order valence-corrected chi connectivity index (χ0v) is 19.2. The highest BCUT2D eigenvalue weighted by Crippen LogP contribution is 2.37. The molecule has 1 unspecified atom stereocenters. The fourth-order valence-corrected chi connectivity index (χ4v) is 6.79. The van der Waals surface area contributed by atoms with Crippen LogP contribution in [-0.4, -0.2) is 28.5 Å². The summed E-state index contributed by atoms with van der Waals surface area (Å²) < 4.78 is 28.6. The molecule has 0 bridgehead atoms. The number of aromatic nitrogens is 2. The first-order valence-electron chi connectivity index (χ1n) is 9.69. The maximum Gasteiger partial charge on any atom is 0.303 e. The van der Waals surface area contributed by atoms with Gasteiger partial charge >= 0.3 is 5.97 Å². The number of nitrogens with zero attached hydrogens (tertiary/aromatic N) is 2. The van der Waals surface area contributed by atoms with Crippen LogP contribution < -0.4 is 0 Å². The monoisotopic (exact) mass is 486 g/mol. The standard InChI is InChI=1S/C23H19ClN2O4S2/c1-2-22(21-9-8-20(31-21)15-4-3-11-25-13-15)32(29,30)26-14-16(5-10-23(27)28)18-12-17(24)6-7-19(18)26/h2-4,6-9,11-14,22H,1,5,10H2,(H,27,28). The van der Waals surface area contributed by atoms with Crippen LogP contribution >= 0.6 is 22.9 Å². The summed E-state index contributed by atoms with van der Waals surface area (Å²) in [7, 11) is -3.93. The zero-order valence-electron chi connectivity index (χ0n) is 16.8. The Morgan fingerprint density at radius 3 is 2.78 bits per heavy atom. The molecule has 9 heteroatoms. The number of benzene rings is 1. The van der Waals surface area contributed by atoms with E-state index in [0.717, 1.165) is 10.4 Å². The van der Waals surface area contributed by atoms with Crippen LogP contribution in [0, 0.1) is 0 Å². The van der Waals surface area contributed by atoms with E-state index in [0.29, 0.717) is 26.4 Å². The van der Waals surface area contributed by atoms with Gasteiger partial charge in [0.25, 0.3) is 10.0 Å². The van der Waals surface area contributed by atoms with Gasteiger partial charge in [0.15, 0.2) is 0 Å². The Hall–Kier alpha value is -2.94. The lowest BCUT2D eigenvalue weighted by Crippen LogP contribution is -2.18. The van der Waals surface area contributed by atoms with Crippen molar-refractivity contribution >= 4 is 49.8 Å². The summed E-state index contributed by atoms with van der Waals surface area (Å²) in [5.41, 5.74) is 1.96. The molecular weight excluding hydrogens is 468 g/mol. The van der Waals surface area contributed by atoms with Gasteiger partial charge in [-0.2, -0.15) is 0 Å². The minimum absolute atomic E-state index is 0.115. The molecule has 0 radical (unpaired) electrons. The fraction of sp³-hybridized carbons (Fsp3) is 0.130. The maximum atomic E-state index is 13.7. The third-order valence-corrected chi connectivity index (χ3v) is 8.63. The van der Waals surface area contributed by atoms with Gasteiger partial charge in [0.1, 0.15) is 5.25 Å². The average molecular weight is 487 g/mol. The van der Waals surface area contributed by atoms with Crippen molar-refractivity contribution in [2.75, 3.05) is 0 Å². The molecule has 0 aliphatic heterocycles. The summed E-state index contributed by atoms with van der Waals surface area (Å²) in [6, 6.07) is 12.3. The van der Waals surface area contributed by atoms with Crippen LogP contribution in [0.15, 0.2) is 73.7 Å². The van der Waals surface area contributed by atoms with Crippen LogP contribution in [0.5, 0.6) is 0 Å². The van der Waals surface area contributed by atoms with E-state index in [-0.39, 0.29) is 12.8 Å². The average Bonchev–Trinajstić information content (AvgIpc) is 3.38.